The summed E-state index contributed by atoms with van der Waals surface area (Å²) in [5.41, 5.74) is 2.99. The molecule has 3 heterocycles. The minimum atomic E-state index is -0.334. The molecule has 5 nitrogen and oxygen atoms in total. The molecule has 1 saturated carbocycles. The molecular formula is C21H21ClFN5. The van der Waals surface area contributed by atoms with E-state index in [1.807, 2.05) is 24.3 Å². The number of fused-ring (bicyclic) bond motifs is 3. The van der Waals surface area contributed by atoms with Crippen LogP contribution in [0.1, 0.15) is 60.3 Å². The van der Waals surface area contributed by atoms with Gasteiger partial charge in [-0.2, -0.15) is 4.39 Å². The summed E-state index contributed by atoms with van der Waals surface area (Å²) in [7, 11) is 0. The predicted octanol–water partition coefficient (Wildman–Crippen LogP) is 4.50. The van der Waals surface area contributed by atoms with E-state index in [1.54, 1.807) is 0 Å². The van der Waals surface area contributed by atoms with Crippen LogP contribution in [0.2, 0.25) is 5.02 Å². The van der Waals surface area contributed by atoms with E-state index < -0.39 is 0 Å². The lowest BCUT2D eigenvalue weighted by Crippen LogP contribution is -2.17. The summed E-state index contributed by atoms with van der Waals surface area (Å²) in [5.74, 6) is 2.14. The van der Waals surface area contributed by atoms with E-state index in [0.29, 0.717) is 12.5 Å². The molecule has 3 aromatic rings. The van der Waals surface area contributed by atoms with Crippen LogP contribution < -0.4 is 5.32 Å². The number of aromatic nitrogens is 4. The summed E-state index contributed by atoms with van der Waals surface area (Å²) in [5, 5.41) is 13.1. The van der Waals surface area contributed by atoms with Gasteiger partial charge in [0, 0.05) is 29.2 Å². The van der Waals surface area contributed by atoms with Crippen molar-refractivity contribution in [1.29, 1.82) is 0 Å². The maximum absolute atomic E-state index is 14.1. The molecule has 1 fully saturated rings. The highest BCUT2D eigenvalue weighted by atomic mass is 35.5. The lowest BCUT2D eigenvalue weighted by Gasteiger charge is -2.28. The van der Waals surface area contributed by atoms with E-state index in [4.69, 9.17) is 11.6 Å². The van der Waals surface area contributed by atoms with E-state index in [9.17, 15) is 4.39 Å². The number of hydrogen-bond acceptors (Lipinski definition) is 4. The first-order valence-electron chi connectivity index (χ1n) is 9.75. The van der Waals surface area contributed by atoms with Gasteiger partial charge in [0.05, 0.1) is 12.2 Å². The zero-order valence-corrected chi connectivity index (χ0v) is 16.2. The Labute approximate surface area is 168 Å². The summed E-state index contributed by atoms with van der Waals surface area (Å²) in [6, 6.07) is 9.66. The molecule has 28 heavy (non-hydrogen) atoms. The van der Waals surface area contributed by atoms with Crippen LogP contribution >= 0.6 is 11.6 Å². The molecule has 1 aromatic carbocycles. The third-order valence-electron chi connectivity index (χ3n) is 5.96. The summed E-state index contributed by atoms with van der Waals surface area (Å²) in [6.07, 6.45) is 5.30. The maximum Gasteiger partial charge on any atom is 0.216 e. The van der Waals surface area contributed by atoms with Gasteiger partial charge < -0.3 is 5.32 Å². The molecule has 2 aliphatic rings. The monoisotopic (exact) mass is 397 g/mol. The number of hydrogen-bond donors (Lipinski definition) is 1. The first kappa shape index (κ1) is 17.8. The van der Waals surface area contributed by atoms with Crippen molar-refractivity contribution in [1.82, 2.24) is 25.1 Å². The fourth-order valence-electron chi connectivity index (χ4n) is 4.56. The normalized spacial score (nSPS) is 21.6. The molecule has 0 radical (unpaired) electrons. The molecule has 1 aliphatic carbocycles. The molecule has 1 aliphatic heterocycles. The zero-order valence-electron chi connectivity index (χ0n) is 15.4. The Hall–Kier alpha value is -2.31. The Bertz CT molecular complexity index is 1010. The van der Waals surface area contributed by atoms with E-state index in [1.165, 1.54) is 6.20 Å². The highest BCUT2D eigenvalue weighted by Gasteiger charge is 2.30. The van der Waals surface area contributed by atoms with Gasteiger partial charge in [0.1, 0.15) is 5.82 Å². The highest BCUT2D eigenvalue weighted by molar-refractivity contribution is 6.30. The van der Waals surface area contributed by atoms with E-state index in [-0.39, 0.29) is 11.9 Å². The topological polar surface area (TPSA) is 55.6 Å². The maximum atomic E-state index is 14.1. The van der Waals surface area contributed by atoms with Crippen LogP contribution in [0.5, 0.6) is 0 Å². The quantitative estimate of drug-likeness (QED) is 0.647. The summed E-state index contributed by atoms with van der Waals surface area (Å²) < 4.78 is 16.3. The van der Waals surface area contributed by atoms with Gasteiger partial charge in [0.2, 0.25) is 5.95 Å². The van der Waals surface area contributed by atoms with Crippen molar-refractivity contribution in [3.63, 3.8) is 0 Å². The van der Waals surface area contributed by atoms with Crippen molar-refractivity contribution in [2.45, 2.75) is 50.6 Å². The molecule has 0 unspecified atom stereocenters. The van der Waals surface area contributed by atoms with Crippen LogP contribution in [0.4, 0.5) is 4.39 Å². The molecule has 144 valence electrons. The zero-order chi connectivity index (χ0) is 19.1. The van der Waals surface area contributed by atoms with Crippen molar-refractivity contribution in [2.24, 2.45) is 0 Å². The van der Waals surface area contributed by atoms with E-state index >= 15 is 0 Å². The summed E-state index contributed by atoms with van der Waals surface area (Å²) in [4.78, 5) is 3.81. The molecule has 2 aromatic heterocycles. The molecule has 0 spiro atoms. The van der Waals surface area contributed by atoms with Crippen molar-refractivity contribution in [2.75, 3.05) is 0 Å². The average Bonchev–Trinajstić information content (AvgIpc) is 3.04. The minimum absolute atomic E-state index is 0.226. The standard InChI is InChI=1S/C21H21ClFN5/c22-16-7-8-18-15(10-16)11-24-12-19-26-27-21(28(18)19)14-5-3-13(4-6-14)17-2-1-9-25-20(17)23/h1-2,7-10,13-14,24H,3-6,11-12H2/t13-,14-. The van der Waals surface area contributed by atoms with Crippen LogP contribution in [0.3, 0.4) is 0 Å². The Morgan fingerprint density at radius 3 is 2.68 bits per heavy atom. The number of benzene rings is 1. The molecular weight excluding hydrogens is 377 g/mol. The number of pyridine rings is 1. The molecule has 0 amide bonds. The summed E-state index contributed by atoms with van der Waals surface area (Å²) in [6.45, 7) is 1.43. The van der Waals surface area contributed by atoms with Gasteiger partial charge in [-0.25, -0.2) is 4.98 Å². The van der Waals surface area contributed by atoms with Crippen LogP contribution in [0.25, 0.3) is 5.69 Å². The van der Waals surface area contributed by atoms with Crippen LogP contribution in [-0.2, 0) is 13.1 Å². The number of nitrogens with one attached hydrogen (secondary N) is 1. The fraction of sp³-hybridized carbons (Fsp3) is 0.381. The van der Waals surface area contributed by atoms with Crippen molar-refractivity contribution in [3.8, 4) is 5.69 Å². The molecule has 5 rings (SSSR count). The Morgan fingerprint density at radius 2 is 1.86 bits per heavy atom. The van der Waals surface area contributed by atoms with E-state index in [0.717, 1.165) is 65.7 Å². The first-order valence-corrected chi connectivity index (χ1v) is 10.1. The van der Waals surface area contributed by atoms with Gasteiger partial charge in [0.15, 0.2) is 5.82 Å². The van der Waals surface area contributed by atoms with Gasteiger partial charge in [-0.3, -0.25) is 4.57 Å². The molecule has 0 atom stereocenters. The lowest BCUT2D eigenvalue weighted by atomic mass is 9.78. The highest BCUT2D eigenvalue weighted by Crippen LogP contribution is 2.41. The van der Waals surface area contributed by atoms with Crippen molar-refractivity contribution >= 4 is 11.6 Å². The Balaban J connectivity index is 1.43. The second kappa shape index (κ2) is 7.26. The minimum Gasteiger partial charge on any atom is -0.306 e. The largest absolute Gasteiger partial charge is 0.306 e. The first-order chi connectivity index (χ1) is 13.7. The van der Waals surface area contributed by atoms with E-state index in [2.05, 4.69) is 31.1 Å². The van der Waals surface area contributed by atoms with Gasteiger partial charge in [-0.1, -0.05) is 17.7 Å². The van der Waals surface area contributed by atoms with Gasteiger partial charge >= 0.3 is 0 Å². The van der Waals surface area contributed by atoms with Crippen molar-refractivity contribution in [3.05, 3.63) is 70.3 Å². The predicted molar refractivity (Wildman–Crippen MR) is 105 cm³/mol. The van der Waals surface area contributed by atoms with Gasteiger partial charge in [-0.15, -0.1) is 10.2 Å². The molecule has 7 heteroatoms. The number of rotatable bonds is 2. The Kier molecular flexibility index (Phi) is 4.61. The van der Waals surface area contributed by atoms with Crippen LogP contribution in [0, 0.1) is 5.95 Å². The smallest absolute Gasteiger partial charge is 0.216 e. The number of nitrogens with zero attached hydrogens (tertiary/aromatic N) is 4. The van der Waals surface area contributed by atoms with Crippen molar-refractivity contribution < 1.29 is 4.39 Å². The average molecular weight is 398 g/mol. The van der Waals surface area contributed by atoms with Gasteiger partial charge in [-0.05, 0) is 61.4 Å². The second-order valence-electron chi connectivity index (χ2n) is 7.62. The second-order valence-corrected chi connectivity index (χ2v) is 8.05. The SMILES string of the molecule is Fc1ncccc1[C@H]1CC[C@H](c2nnc3n2-c2ccc(Cl)cc2CNC3)CC1. The fourth-order valence-corrected chi connectivity index (χ4v) is 4.75. The van der Waals surface area contributed by atoms with Crippen LogP contribution in [-0.4, -0.2) is 19.7 Å². The lowest BCUT2D eigenvalue weighted by molar-refractivity contribution is 0.372. The summed E-state index contributed by atoms with van der Waals surface area (Å²) >= 11 is 6.20. The Morgan fingerprint density at radius 1 is 1.04 bits per heavy atom. The van der Waals surface area contributed by atoms with Gasteiger partial charge in [0.25, 0.3) is 0 Å². The van der Waals surface area contributed by atoms with Crippen LogP contribution in [0.15, 0.2) is 36.5 Å². The third kappa shape index (κ3) is 3.10. The molecule has 1 N–H and O–H groups in total. The molecule has 0 bridgehead atoms. The third-order valence-corrected chi connectivity index (χ3v) is 6.19. The number of halogens is 2. The molecule has 0 saturated heterocycles.